The average Bonchev–Trinajstić information content (AvgIpc) is 2.46. The van der Waals surface area contributed by atoms with E-state index < -0.39 is 6.10 Å². The van der Waals surface area contributed by atoms with Gasteiger partial charge < -0.3 is 10.4 Å². The van der Waals surface area contributed by atoms with E-state index in [1.54, 1.807) is 24.3 Å². The van der Waals surface area contributed by atoms with Crippen LogP contribution in [0.25, 0.3) is 0 Å². The van der Waals surface area contributed by atoms with Crippen molar-refractivity contribution >= 4 is 17.5 Å². The highest BCUT2D eigenvalue weighted by Crippen LogP contribution is 2.14. The van der Waals surface area contributed by atoms with Crippen molar-refractivity contribution in [2.45, 2.75) is 12.5 Å². The summed E-state index contributed by atoms with van der Waals surface area (Å²) in [5.74, 6) is -0.275. The number of rotatable bonds is 5. The quantitative estimate of drug-likeness (QED) is 0.889. The molecule has 20 heavy (non-hydrogen) atoms. The molecule has 1 atom stereocenters. The second-order valence-corrected chi connectivity index (χ2v) is 4.94. The lowest BCUT2D eigenvalue weighted by Crippen LogP contribution is -2.33. The van der Waals surface area contributed by atoms with Crippen molar-refractivity contribution in [3.8, 4) is 0 Å². The van der Waals surface area contributed by atoms with Crippen molar-refractivity contribution in [2.75, 3.05) is 6.54 Å². The Hall–Kier alpha value is -1.84. The van der Waals surface area contributed by atoms with Crippen molar-refractivity contribution in [3.63, 3.8) is 0 Å². The Bertz CT molecular complexity index is 572. The first-order valence-electron chi connectivity index (χ1n) is 6.41. The smallest absolute Gasteiger partial charge is 0.252 e. The van der Waals surface area contributed by atoms with Gasteiger partial charge in [0.25, 0.3) is 5.91 Å². The first kappa shape index (κ1) is 14.6. The van der Waals surface area contributed by atoms with Gasteiger partial charge in [0, 0.05) is 13.0 Å². The fourth-order valence-electron chi connectivity index (χ4n) is 1.91. The Balaban J connectivity index is 1.86. The maximum Gasteiger partial charge on any atom is 0.252 e. The minimum atomic E-state index is -0.621. The summed E-state index contributed by atoms with van der Waals surface area (Å²) in [5, 5.41) is 13.0. The van der Waals surface area contributed by atoms with Crippen molar-refractivity contribution in [2.24, 2.45) is 0 Å². The van der Waals surface area contributed by atoms with Gasteiger partial charge in [0.1, 0.15) is 0 Å². The maximum absolute atomic E-state index is 11.9. The molecule has 0 spiro atoms. The fourth-order valence-corrected chi connectivity index (χ4v) is 2.13. The molecule has 104 valence electrons. The van der Waals surface area contributed by atoms with E-state index in [1.165, 1.54) is 0 Å². The molecule has 0 aliphatic carbocycles. The van der Waals surface area contributed by atoms with E-state index in [1.807, 2.05) is 30.3 Å². The predicted octanol–water partition coefficient (Wildman–Crippen LogP) is 2.67. The summed E-state index contributed by atoms with van der Waals surface area (Å²) in [6.45, 7) is 0.193. The number of aliphatic hydroxyl groups excluding tert-OH is 1. The summed E-state index contributed by atoms with van der Waals surface area (Å²) < 4.78 is 0. The molecule has 4 heteroatoms. The molecule has 2 N–H and O–H groups in total. The molecule has 2 aromatic rings. The lowest BCUT2D eigenvalue weighted by molar-refractivity contribution is 0.0916. The number of nitrogens with one attached hydrogen (secondary N) is 1. The number of halogens is 1. The Morgan fingerprint density at radius 1 is 1.10 bits per heavy atom. The molecule has 0 aliphatic rings. The number of hydrogen-bond donors (Lipinski definition) is 2. The number of carbonyl (C=O) groups is 1. The van der Waals surface area contributed by atoms with E-state index in [9.17, 15) is 9.90 Å². The van der Waals surface area contributed by atoms with Gasteiger partial charge >= 0.3 is 0 Å². The number of amides is 1. The second-order valence-electron chi connectivity index (χ2n) is 4.53. The second kappa shape index (κ2) is 7.08. The van der Waals surface area contributed by atoms with Gasteiger partial charge in [0.2, 0.25) is 0 Å². The third kappa shape index (κ3) is 4.08. The van der Waals surface area contributed by atoms with Gasteiger partial charge in [-0.3, -0.25) is 4.79 Å². The molecule has 0 aliphatic heterocycles. The van der Waals surface area contributed by atoms with Crippen LogP contribution in [0, 0.1) is 0 Å². The summed E-state index contributed by atoms with van der Waals surface area (Å²) >= 11 is 5.94. The van der Waals surface area contributed by atoms with E-state index in [0.29, 0.717) is 17.0 Å². The van der Waals surface area contributed by atoms with Gasteiger partial charge in [-0.15, -0.1) is 0 Å². The number of hydrogen-bond acceptors (Lipinski definition) is 2. The van der Waals surface area contributed by atoms with Crippen LogP contribution in [0.4, 0.5) is 0 Å². The van der Waals surface area contributed by atoms with Gasteiger partial charge in [-0.05, 0) is 17.7 Å². The molecule has 0 saturated heterocycles. The summed E-state index contributed by atoms with van der Waals surface area (Å²) in [5.41, 5.74) is 1.45. The topological polar surface area (TPSA) is 49.3 Å². The Morgan fingerprint density at radius 3 is 2.45 bits per heavy atom. The molecular formula is C16H16ClNO2. The van der Waals surface area contributed by atoms with E-state index in [4.69, 9.17) is 11.6 Å². The summed E-state index contributed by atoms with van der Waals surface area (Å²) in [6.07, 6.45) is -0.118. The zero-order chi connectivity index (χ0) is 14.4. The first-order chi connectivity index (χ1) is 9.66. The zero-order valence-electron chi connectivity index (χ0n) is 10.9. The largest absolute Gasteiger partial charge is 0.391 e. The van der Waals surface area contributed by atoms with Crippen molar-refractivity contribution < 1.29 is 9.90 Å². The highest BCUT2D eigenvalue weighted by atomic mass is 35.5. The number of benzene rings is 2. The molecule has 3 nitrogen and oxygen atoms in total. The molecule has 0 saturated carbocycles. The van der Waals surface area contributed by atoms with Crippen LogP contribution in [0.2, 0.25) is 5.02 Å². The molecule has 0 radical (unpaired) electrons. The molecule has 0 heterocycles. The minimum absolute atomic E-state index is 0.193. The molecule has 1 unspecified atom stereocenters. The molecule has 0 fully saturated rings. The number of carbonyl (C=O) groups excluding carboxylic acids is 1. The molecule has 0 aromatic heterocycles. The Kier molecular flexibility index (Phi) is 5.16. The van der Waals surface area contributed by atoms with Crippen LogP contribution in [0.15, 0.2) is 54.6 Å². The van der Waals surface area contributed by atoms with Gasteiger partial charge in [0.15, 0.2) is 0 Å². The van der Waals surface area contributed by atoms with Crippen LogP contribution in [-0.2, 0) is 6.42 Å². The van der Waals surface area contributed by atoms with Crippen LogP contribution in [0.5, 0.6) is 0 Å². The maximum atomic E-state index is 11.9. The lowest BCUT2D eigenvalue weighted by Gasteiger charge is -2.12. The highest BCUT2D eigenvalue weighted by Gasteiger charge is 2.11. The summed E-state index contributed by atoms with van der Waals surface area (Å²) in [4.78, 5) is 11.9. The first-order valence-corrected chi connectivity index (χ1v) is 6.79. The van der Waals surface area contributed by atoms with E-state index in [-0.39, 0.29) is 12.5 Å². The average molecular weight is 290 g/mol. The van der Waals surface area contributed by atoms with Crippen LogP contribution >= 0.6 is 11.6 Å². The third-order valence-corrected chi connectivity index (χ3v) is 3.26. The molecule has 0 bridgehead atoms. The highest BCUT2D eigenvalue weighted by molar-refractivity contribution is 6.33. The van der Waals surface area contributed by atoms with Gasteiger partial charge in [-0.1, -0.05) is 54.1 Å². The zero-order valence-corrected chi connectivity index (χ0v) is 11.7. The van der Waals surface area contributed by atoms with Gasteiger partial charge in [0.05, 0.1) is 16.7 Å². The predicted molar refractivity (Wildman–Crippen MR) is 79.9 cm³/mol. The van der Waals surface area contributed by atoms with Crippen molar-refractivity contribution in [1.82, 2.24) is 5.32 Å². The third-order valence-electron chi connectivity index (χ3n) is 2.93. The van der Waals surface area contributed by atoms with Crippen LogP contribution in [0.3, 0.4) is 0 Å². The van der Waals surface area contributed by atoms with Gasteiger partial charge in [-0.25, -0.2) is 0 Å². The fraction of sp³-hybridized carbons (Fsp3) is 0.188. The van der Waals surface area contributed by atoms with E-state index >= 15 is 0 Å². The van der Waals surface area contributed by atoms with Crippen LogP contribution in [0.1, 0.15) is 15.9 Å². The summed E-state index contributed by atoms with van der Waals surface area (Å²) in [7, 11) is 0. The molecular weight excluding hydrogens is 274 g/mol. The Labute approximate surface area is 123 Å². The number of aliphatic hydroxyl groups is 1. The van der Waals surface area contributed by atoms with E-state index in [0.717, 1.165) is 5.56 Å². The van der Waals surface area contributed by atoms with E-state index in [2.05, 4.69) is 5.32 Å². The van der Waals surface area contributed by atoms with Crippen molar-refractivity contribution in [1.29, 1.82) is 0 Å². The monoisotopic (exact) mass is 289 g/mol. The minimum Gasteiger partial charge on any atom is -0.391 e. The molecule has 2 aromatic carbocycles. The van der Waals surface area contributed by atoms with Gasteiger partial charge in [-0.2, -0.15) is 0 Å². The normalized spacial score (nSPS) is 11.9. The Morgan fingerprint density at radius 2 is 1.75 bits per heavy atom. The van der Waals surface area contributed by atoms with Crippen LogP contribution < -0.4 is 5.32 Å². The summed E-state index contributed by atoms with van der Waals surface area (Å²) in [6, 6.07) is 16.5. The van der Waals surface area contributed by atoms with Crippen LogP contribution in [-0.4, -0.2) is 23.7 Å². The van der Waals surface area contributed by atoms with Crippen molar-refractivity contribution in [3.05, 3.63) is 70.7 Å². The molecule has 1 amide bonds. The lowest BCUT2D eigenvalue weighted by atomic mass is 10.1. The SMILES string of the molecule is O=C(NCC(O)Cc1ccccc1)c1ccccc1Cl. The molecule has 2 rings (SSSR count). The standard InChI is InChI=1S/C16H16ClNO2/c17-15-9-5-4-8-14(15)16(20)18-11-13(19)10-12-6-2-1-3-7-12/h1-9,13,19H,10-11H2,(H,18,20).